The number of nitrogens with one attached hydrogen (secondary N) is 1. The molecule has 0 saturated carbocycles. The first-order valence-electron chi connectivity index (χ1n) is 6.92. The normalized spacial score (nSPS) is 11.7. The topological polar surface area (TPSA) is 24.5 Å². The molecular formula is C16H28N2O. The summed E-state index contributed by atoms with van der Waals surface area (Å²) in [6.07, 6.45) is 0. The summed E-state index contributed by atoms with van der Waals surface area (Å²) in [5.41, 5.74) is 1.42. The largest absolute Gasteiger partial charge is 0.497 e. The van der Waals surface area contributed by atoms with Crippen LogP contribution in [0.1, 0.15) is 27.7 Å². The van der Waals surface area contributed by atoms with E-state index in [0.717, 1.165) is 18.8 Å². The van der Waals surface area contributed by atoms with Gasteiger partial charge in [0.15, 0.2) is 0 Å². The highest BCUT2D eigenvalue weighted by atomic mass is 16.5. The molecule has 1 rings (SSSR count). The highest BCUT2D eigenvalue weighted by Crippen LogP contribution is 2.23. The molecule has 0 spiro atoms. The molecule has 0 aliphatic rings. The van der Waals surface area contributed by atoms with Crippen molar-refractivity contribution < 1.29 is 4.74 Å². The van der Waals surface area contributed by atoms with Crippen LogP contribution in [-0.4, -0.2) is 33.3 Å². The van der Waals surface area contributed by atoms with Crippen molar-refractivity contribution in [2.24, 2.45) is 5.41 Å². The zero-order chi connectivity index (χ0) is 14.5. The maximum absolute atomic E-state index is 5.28. The Morgan fingerprint density at radius 3 is 2.58 bits per heavy atom. The van der Waals surface area contributed by atoms with Crippen LogP contribution >= 0.6 is 0 Å². The second-order valence-corrected chi connectivity index (χ2v) is 6.26. The molecule has 0 aliphatic heterocycles. The molecule has 108 valence electrons. The summed E-state index contributed by atoms with van der Waals surface area (Å²) in [6.45, 7) is 11.0. The van der Waals surface area contributed by atoms with Gasteiger partial charge < -0.3 is 15.0 Å². The summed E-state index contributed by atoms with van der Waals surface area (Å²) in [7, 11) is 3.83. The fraction of sp³-hybridized carbons (Fsp3) is 0.625. The van der Waals surface area contributed by atoms with Gasteiger partial charge in [-0.15, -0.1) is 0 Å². The summed E-state index contributed by atoms with van der Waals surface area (Å²) in [5, 5.41) is 3.51. The zero-order valence-corrected chi connectivity index (χ0v) is 13.2. The van der Waals surface area contributed by atoms with Crippen molar-refractivity contribution in [3.8, 4) is 5.75 Å². The molecule has 0 bridgehead atoms. The van der Waals surface area contributed by atoms with Crippen LogP contribution in [0.5, 0.6) is 5.75 Å². The fourth-order valence-electron chi connectivity index (χ4n) is 2.12. The SMILES string of the molecule is COc1cccc(N(C)CC(C)(C)CNC(C)C)c1. The number of ether oxygens (including phenoxy) is 1. The Balaban J connectivity index is 2.64. The van der Waals surface area contributed by atoms with Crippen LogP contribution in [0.25, 0.3) is 0 Å². The number of hydrogen-bond acceptors (Lipinski definition) is 3. The van der Waals surface area contributed by atoms with Crippen LogP contribution in [0.2, 0.25) is 0 Å². The van der Waals surface area contributed by atoms with Gasteiger partial charge >= 0.3 is 0 Å². The highest BCUT2D eigenvalue weighted by Gasteiger charge is 2.20. The van der Waals surface area contributed by atoms with Crippen LogP contribution in [0.15, 0.2) is 24.3 Å². The molecule has 0 heterocycles. The van der Waals surface area contributed by atoms with E-state index in [1.807, 2.05) is 12.1 Å². The molecule has 0 atom stereocenters. The molecule has 0 saturated heterocycles. The number of anilines is 1. The third-order valence-electron chi connectivity index (χ3n) is 3.15. The number of methoxy groups -OCH3 is 1. The van der Waals surface area contributed by atoms with Crippen molar-refractivity contribution in [1.29, 1.82) is 0 Å². The van der Waals surface area contributed by atoms with Gasteiger partial charge in [0.05, 0.1) is 7.11 Å². The predicted molar refractivity (Wildman–Crippen MR) is 83.2 cm³/mol. The Hall–Kier alpha value is -1.22. The minimum atomic E-state index is 0.224. The van der Waals surface area contributed by atoms with Gasteiger partial charge in [-0.3, -0.25) is 0 Å². The van der Waals surface area contributed by atoms with E-state index in [1.165, 1.54) is 5.69 Å². The third-order valence-corrected chi connectivity index (χ3v) is 3.15. The average Bonchev–Trinajstić information content (AvgIpc) is 2.36. The van der Waals surface area contributed by atoms with Crippen LogP contribution in [0.3, 0.4) is 0 Å². The second-order valence-electron chi connectivity index (χ2n) is 6.26. The lowest BCUT2D eigenvalue weighted by atomic mass is 9.92. The van der Waals surface area contributed by atoms with Crippen LogP contribution in [-0.2, 0) is 0 Å². The molecule has 0 amide bonds. The maximum Gasteiger partial charge on any atom is 0.120 e. The fourth-order valence-corrected chi connectivity index (χ4v) is 2.12. The van der Waals surface area contributed by atoms with Gasteiger partial charge in [0.1, 0.15) is 5.75 Å². The Kier molecular flexibility index (Phi) is 5.67. The highest BCUT2D eigenvalue weighted by molar-refractivity contribution is 5.50. The van der Waals surface area contributed by atoms with E-state index < -0.39 is 0 Å². The molecule has 1 aromatic rings. The summed E-state index contributed by atoms with van der Waals surface area (Å²) >= 11 is 0. The van der Waals surface area contributed by atoms with Crippen molar-refractivity contribution in [3.05, 3.63) is 24.3 Å². The first-order chi connectivity index (χ1) is 8.84. The van der Waals surface area contributed by atoms with E-state index in [0.29, 0.717) is 6.04 Å². The molecule has 3 heteroatoms. The van der Waals surface area contributed by atoms with Crippen LogP contribution in [0, 0.1) is 5.41 Å². The molecule has 0 aromatic heterocycles. The van der Waals surface area contributed by atoms with E-state index in [9.17, 15) is 0 Å². The standard InChI is InChI=1S/C16H28N2O/c1-13(2)17-11-16(3,4)12-18(5)14-8-7-9-15(10-14)19-6/h7-10,13,17H,11-12H2,1-6H3. The minimum absolute atomic E-state index is 0.224. The molecule has 3 nitrogen and oxygen atoms in total. The Bertz CT molecular complexity index is 388. The van der Waals surface area contributed by atoms with Crippen molar-refractivity contribution in [3.63, 3.8) is 0 Å². The summed E-state index contributed by atoms with van der Waals surface area (Å²) in [6, 6.07) is 8.73. The maximum atomic E-state index is 5.28. The zero-order valence-electron chi connectivity index (χ0n) is 13.2. The minimum Gasteiger partial charge on any atom is -0.497 e. The molecule has 0 aliphatic carbocycles. The second kappa shape index (κ2) is 6.80. The van der Waals surface area contributed by atoms with E-state index in [-0.39, 0.29) is 5.41 Å². The van der Waals surface area contributed by atoms with Crippen molar-refractivity contribution in [2.75, 3.05) is 32.1 Å². The molecule has 1 aromatic carbocycles. The van der Waals surface area contributed by atoms with Crippen molar-refractivity contribution in [1.82, 2.24) is 5.32 Å². The number of rotatable bonds is 7. The van der Waals surface area contributed by atoms with Gasteiger partial charge in [-0.25, -0.2) is 0 Å². The van der Waals surface area contributed by atoms with Crippen molar-refractivity contribution >= 4 is 5.69 Å². The average molecular weight is 264 g/mol. The molecular weight excluding hydrogens is 236 g/mol. The monoisotopic (exact) mass is 264 g/mol. The van der Waals surface area contributed by atoms with E-state index >= 15 is 0 Å². The molecule has 0 radical (unpaired) electrons. The number of hydrogen-bond donors (Lipinski definition) is 1. The van der Waals surface area contributed by atoms with E-state index in [2.05, 4.69) is 57.1 Å². The summed E-state index contributed by atoms with van der Waals surface area (Å²) in [5.74, 6) is 0.905. The van der Waals surface area contributed by atoms with Crippen molar-refractivity contribution in [2.45, 2.75) is 33.7 Å². The lowest BCUT2D eigenvalue weighted by molar-refractivity contribution is 0.333. The molecule has 0 unspecified atom stereocenters. The van der Waals surface area contributed by atoms with E-state index in [1.54, 1.807) is 7.11 Å². The van der Waals surface area contributed by atoms with Gasteiger partial charge in [0, 0.05) is 37.9 Å². The Morgan fingerprint density at radius 2 is 2.00 bits per heavy atom. The Morgan fingerprint density at radius 1 is 1.32 bits per heavy atom. The predicted octanol–water partition coefficient (Wildman–Crippen LogP) is 3.16. The molecule has 19 heavy (non-hydrogen) atoms. The first-order valence-corrected chi connectivity index (χ1v) is 6.92. The van der Waals surface area contributed by atoms with Gasteiger partial charge in [-0.1, -0.05) is 33.8 Å². The number of benzene rings is 1. The lowest BCUT2D eigenvalue weighted by Gasteiger charge is -2.32. The molecule has 0 fully saturated rings. The summed E-state index contributed by atoms with van der Waals surface area (Å²) in [4.78, 5) is 2.28. The lowest BCUT2D eigenvalue weighted by Crippen LogP contribution is -2.41. The first kappa shape index (κ1) is 15.8. The third kappa shape index (κ3) is 5.52. The number of nitrogens with zero attached hydrogens (tertiary/aromatic N) is 1. The van der Waals surface area contributed by atoms with E-state index in [4.69, 9.17) is 4.74 Å². The summed E-state index contributed by atoms with van der Waals surface area (Å²) < 4.78 is 5.28. The quantitative estimate of drug-likeness (QED) is 0.818. The van der Waals surface area contributed by atoms with Gasteiger partial charge in [-0.05, 0) is 17.5 Å². The molecule has 1 N–H and O–H groups in total. The van der Waals surface area contributed by atoms with Crippen LogP contribution in [0.4, 0.5) is 5.69 Å². The van der Waals surface area contributed by atoms with Crippen LogP contribution < -0.4 is 15.0 Å². The van der Waals surface area contributed by atoms with Gasteiger partial charge in [0.2, 0.25) is 0 Å². The smallest absolute Gasteiger partial charge is 0.120 e. The van der Waals surface area contributed by atoms with Gasteiger partial charge in [-0.2, -0.15) is 0 Å². The van der Waals surface area contributed by atoms with Gasteiger partial charge in [0.25, 0.3) is 0 Å². The Labute approximate surface area is 118 Å².